The summed E-state index contributed by atoms with van der Waals surface area (Å²) in [5, 5.41) is 5.28. The Bertz CT molecular complexity index is 1300. The molecule has 1 amide bonds. The molecule has 29 heavy (non-hydrogen) atoms. The predicted octanol–water partition coefficient (Wildman–Crippen LogP) is 3.86. The lowest BCUT2D eigenvalue weighted by Crippen LogP contribution is -2.27. The number of anilines is 1. The van der Waals surface area contributed by atoms with Gasteiger partial charge in [0.2, 0.25) is 12.7 Å². The number of amides is 1. The molecule has 7 nitrogen and oxygen atoms in total. The van der Waals surface area contributed by atoms with Crippen LogP contribution in [0.1, 0.15) is 4.88 Å². The molecule has 0 unspecified atom stereocenters. The number of nitrogens with one attached hydrogen (secondary N) is 1. The summed E-state index contributed by atoms with van der Waals surface area (Å²) < 4.78 is 11.9. The third-order valence-corrected chi connectivity index (χ3v) is 6.46. The number of aryl methyl sites for hydroxylation is 1. The highest BCUT2D eigenvalue weighted by Crippen LogP contribution is 2.35. The molecule has 146 valence electrons. The van der Waals surface area contributed by atoms with Gasteiger partial charge in [-0.3, -0.25) is 14.2 Å². The standard InChI is InChI=1S/C20H15N3O4S2/c1-11-2-5-16(29-11)13-8-28-19-18(13)20(25)23(9-21-19)7-17(24)22-12-3-4-14-15(6-12)27-10-26-14/h2-6,8-9H,7,10H2,1H3,(H,22,24). The normalized spacial score (nSPS) is 12.4. The zero-order valence-electron chi connectivity index (χ0n) is 15.3. The zero-order valence-corrected chi connectivity index (χ0v) is 16.9. The summed E-state index contributed by atoms with van der Waals surface area (Å²) in [4.78, 5) is 32.8. The largest absolute Gasteiger partial charge is 0.454 e. The molecule has 0 fully saturated rings. The van der Waals surface area contributed by atoms with Crippen molar-refractivity contribution in [3.63, 3.8) is 0 Å². The summed E-state index contributed by atoms with van der Waals surface area (Å²) in [6.45, 7) is 2.06. The molecule has 3 aromatic heterocycles. The summed E-state index contributed by atoms with van der Waals surface area (Å²) in [7, 11) is 0. The van der Waals surface area contributed by atoms with Crippen molar-refractivity contribution < 1.29 is 14.3 Å². The first kappa shape index (κ1) is 17.9. The molecule has 4 heterocycles. The second-order valence-corrected chi connectivity index (χ2v) is 8.68. The van der Waals surface area contributed by atoms with E-state index in [-0.39, 0.29) is 24.8 Å². The third kappa shape index (κ3) is 3.28. The molecule has 0 radical (unpaired) electrons. The minimum atomic E-state index is -0.323. The van der Waals surface area contributed by atoms with E-state index < -0.39 is 0 Å². The molecule has 1 N–H and O–H groups in total. The Labute approximate surface area is 173 Å². The van der Waals surface area contributed by atoms with Crippen LogP contribution in [0.15, 0.2) is 46.8 Å². The van der Waals surface area contributed by atoms with Crippen LogP contribution in [-0.2, 0) is 11.3 Å². The number of nitrogens with zero attached hydrogens (tertiary/aromatic N) is 2. The maximum absolute atomic E-state index is 13.0. The third-order valence-electron chi connectivity index (χ3n) is 4.54. The fourth-order valence-corrected chi connectivity index (χ4v) is 5.03. The Hall–Kier alpha value is -3.17. The molecule has 0 aliphatic carbocycles. The number of benzene rings is 1. The molecule has 1 aliphatic rings. The van der Waals surface area contributed by atoms with Crippen LogP contribution in [0.5, 0.6) is 11.5 Å². The second-order valence-electron chi connectivity index (χ2n) is 6.53. The molecule has 1 aromatic carbocycles. The van der Waals surface area contributed by atoms with E-state index in [2.05, 4.69) is 10.3 Å². The SMILES string of the molecule is Cc1ccc(-c2csc3ncn(CC(=O)Nc4ccc5c(c4)OCO5)c(=O)c23)s1. The highest BCUT2D eigenvalue weighted by atomic mass is 32.1. The zero-order chi connectivity index (χ0) is 20.0. The number of rotatable bonds is 4. The van der Waals surface area contributed by atoms with Crippen LogP contribution in [-0.4, -0.2) is 22.3 Å². The van der Waals surface area contributed by atoms with Gasteiger partial charge in [0.15, 0.2) is 11.5 Å². The van der Waals surface area contributed by atoms with Gasteiger partial charge in [0.1, 0.15) is 11.4 Å². The molecule has 0 saturated heterocycles. The van der Waals surface area contributed by atoms with Crippen molar-refractivity contribution in [2.75, 3.05) is 12.1 Å². The van der Waals surface area contributed by atoms with E-state index in [0.717, 1.165) is 10.4 Å². The average Bonchev–Trinajstić information content (AvgIpc) is 3.42. The topological polar surface area (TPSA) is 82.5 Å². The van der Waals surface area contributed by atoms with Gasteiger partial charge in [0.25, 0.3) is 5.56 Å². The van der Waals surface area contributed by atoms with Crippen molar-refractivity contribution in [1.29, 1.82) is 0 Å². The molecule has 4 aromatic rings. The molecule has 0 saturated carbocycles. The van der Waals surface area contributed by atoms with E-state index in [1.54, 1.807) is 29.5 Å². The van der Waals surface area contributed by atoms with E-state index in [9.17, 15) is 9.59 Å². The maximum Gasteiger partial charge on any atom is 0.263 e. The number of hydrogen-bond donors (Lipinski definition) is 1. The average molecular weight is 425 g/mol. The lowest BCUT2D eigenvalue weighted by atomic mass is 10.2. The monoisotopic (exact) mass is 425 g/mol. The first-order chi connectivity index (χ1) is 14.1. The smallest absolute Gasteiger partial charge is 0.263 e. The predicted molar refractivity (Wildman–Crippen MR) is 113 cm³/mol. The van der Waals surface area contributed by atoms with Gasteiger partial charge < -0.3 is 14.8 Å². The quantitative estimate of drug-likeness (QED) is 0.537. The number of hydrogen-bond acceptors (Lipinski definition) is 7. The molecule has 0 bridgehead atoms. The maximum atomic E-state index is 13.0. The van der Waals surface area contributed by atoms with Crippen molar-refractivity contribution in [3.8, 4) is 21.9 Å². The van der Waals surface area contributed by atoms with Crippen molar-refractivity contribution in [2.24, 2.45) is 0 Å². The molecular formula is C20H15N3O4S2. The van der Waals surface area contributed by atoms with E-state index >= 15 is 0 Å². The summed E-state index contributed by atoms with van der Waals surface area (Å²) in [6.07, 6.45) is 1.42. The number of ether oxygens (including phenoxy) is 2. The number of aromatic nitrogens is 2. The van der Waals surface area contributed by atoms with Gasteiger partial charge in [-0.2, -0.15) is 0 Å². The van der Waals surface area contributed by atoms with Crippen LogP contribution < -0.4 is 20.3 Å². The van der Waals surface area contributed by atoms with Crippen molar-refractivity contribution in [2.45, 2.75) is 13.5 Å². The fourth-order valence-electron chi connectivity index (χ4n) is 3.17. The lowest BCUT2D eigenvalue weighted by molar-refractivity contribution is -0.116. The van der Waals surface area contributed by atoms with Crippen LogP contribution in [0.3, 0.4) is 0 Å². The van der Waals surface area contributed by atoms with E-state index in [0.29, 0.717) is 27.4 Å². The molecule has 0 spiro atoms. The van der Waals surface area contributed by atoms with Gasteiger partial charge in [0, 0.05) is 32.5 Å². The summed E-state index contributed by atoms with van der Waals surface area (Å²) >= 11 is 3.06. The number of carbonyl (C=O) groups is 1. The van der Waals surface area contributed by atoms with Gasteiger partial charge in [-0.05, 0) is 31.2 Å². The Morgan fingerprint density at radius 3 is 2.93 bits per heavy atom. The molecule has 0 atom stereocenters. The van der Waals surface area contributed by atoms with E-state index in [1.807, 2.05) is 24.4 Å². The van der Waals surface area contributed by atoms with Gasteiger partial charge in [-0.1, -0.05) is 0 Å². The van der Waals surface area contributed by atoms with Crippen LogP contribution in [0, 0.1) is 6.92 Å². The fraction of sp³-hybridized carbons (Fsp3) is 0.150. The summed E-state index contributed by atoms with van der Waals surface area (Å²) in [5.74, 6) is 0.899. The van der Waals surface area contributed by atoms with Crippen LogP contribution >= 0.6 is 22.7 Å². The van der Waals surface area contributed by atoms with Gasteiger partial charge in [0.05, 0.1) is 11.7 Å². The highest BCUT2D eigenvalue weighted by Gasteiger charge is 2.17. The molecule has 1 aliphatic heterocycles. The highest BCUT2D eigenvalue weighted by molar-refractivity contribution is 7.19. The Morgan fingerprint density at radius 2 is 2.10 bits per heavy atom. The van der Waals surface area contributed by atoms with E-state index in [1.165, 1.54) is 27.1 Å². The van der Waals surface area contributed by atoms with Crippen LogP contribution in [0.25, 0.3) is 20.7 Å². The first-order valence-electron chi connectivity index (χ1n) is 8.81. The summed E-state index contributed by atoms with van der Waals surface area (Å²) in [5.41, 5.74) is 1.22. The number of thiophene rings is 2. The van der Waals surface area contributed by atoms with Crippen molar-refractivity contribution >= 4 is 44.5 Å². The lowest BCUT2D eigenvalue weighted by Gasteiger charge is -2.08. The van der Waals surface area contributed by atoms with Gasteiger partial charge in [-0.25, -0.2) is 4.98 Å². The number of fused-ring (bicyclic) bond motifs is 2. The van der Waals surface area contributed by atoms with Crippen LogP contribution in [0.2, 0.25) is 0 Å². The van der Waals surface area contributed by atoms with Gasteiger partial charge >= 0.3 is 0 Å². The summed E-state index contributed by atoms with van der Waals surface area (Å²) in [6, 6.07) is 9.19. The molecule has 9 heteroatoms. The van der Waals surface area contributed by atoms with Crippen LogP contribution in [0.4, 0.5) is 5.69 Å². The minimum absolute atomic E-state index is 0.130. The van der Waals surface area contributed by atoms with Crippen molar-refractivity contribution in [1.82, 2.24) is 9.55 Å². The molecular weight excluding hydrogens is 410 g/mol. The van der Waals surface area contributed by atoms with Crippen molar-refractivity contribution in [3.05, 3.63) is 57.3 Å². The Balaban J connectivity index is 1.42. The molecule has 5 rings (SSSR count). The van der Waals surface area contributed by atoms with E-state index in [4.69, 9.17) is 9.47 Å². The Kier molecular flexibility index (Phi) is 4.33. The Morgan fingerprint density at radius 1 is 1.24 bits per heavy atom. The number of carbonyl (C=O) groups excluding carboxylic acids is 1. The minimum Gasteiger partial charge on any atom is -0.454 e. The first-order valence-corrected chi connectivity index (χ1v) is 10.5. The van der Waals surface area contributed by atoms with Gasteiger partial charge in [-0.15, -0.1) is 22.7 Å². The second kappa shape index (κ2) is 7.02.